The maximum Gasteiger partial charge on any atom is 0.177 e. The highest BCUT2D eigenvalue weighted by atomic mass is 16.4. The molecule has 0 aliphatic heterocycles. The van der Waals surface area contributed by atoms with Crippen LogP contribution in [-0.4, -0.2) is 15.1 Å². The van der Waals surface area contributed by atoms with Gasteiger partial charge in [-0.25, -0.2) is 4.98 Å². The predicted molar refractivity (Wildman–Crippen MR) is 226 cm³/mol. The Labute approximate surface area is 316 Å². The van der Waals surface area contributed by atoms with Crippen LogP contribution in [0.2, 0.25) is 0 Å². The zero-order valence-corrected chi connectivity index (χ0v) is 30.5. The number of nitrogens with zero attached hydrogens (tertiary/aromatic N) is 2. The molecule has 0 atom stereocenters. The van der Waals surface area contributed by atoms with Gasteiger partial charge in [-0.05, 0) is 105 Å². The highest BCUT2D eigenvalue weighted by Gasteiger charge is 2.24. The van der Waals surface area contributed by atoms with Crippen molar-refractivity contribution >= 4 is 76.3 Å². The monoisotopic (exact) mass is 710 g/mol. The molecule has 4 heterocycles. The van der Waals surface area contributed by atoms with Gasteiger partial charge >= 0.3 is 0 Å². The number of rotatable bonds is 3. The first kappa shape index (κ1) is 31.5. The van der Waals surface area contributed by atoms with E-state index in [0.717, 1.165) is 87.9 Å². The maximum absolute atomic E-state index is 12.3. The van der Waals surface area contributed by atoms with Gasteiger partial charge in [0.05, 0.1) is 27.7 Å². The Morgan fingerprint density at radius 3 is 1.96 bits per heavy atom. The summed E-state index contributed by atoms with van der Waals surface area (Å²) in [6, 6.07) is 48.0. The fourth-order valence-corrected chi connectivity index (χ4v) is 8.35. The summed E-state index contributed by atoms with van der Waals surface area (Å²) in [6.07, 6.45) is 1.88. The summed E-state index contributed by atoms with van der Waals surface area (Å²) < 4.78 is 12.9. The van der Waals surface area contributed by atoms with E-state index in [1.54, 1.807) is 0 Å². The third-order valence-corrected chi connectivity index (χ3v) is 11.1. The minimum Gasteiger partial charge on any atom is -0.504 e. The van der Waals surface area contributed by atoms with Crippen molar-refractivity contribution in [1.29, 1.82) is 0 Å². The van der Waals surface area contributed by atoms with Crippen molar-refractivity contribution in [2.75, 3.05) is 0 Å². The summed E-state index contributed by atoms with van der Waals surface area (Å²) in [6.45, 7) is 6.69. The molecule has 5 heteroatoms. The number of phenolic OH excluding ortho intramolecular Hbond substituents is 1. The Bertz CT molecular complexity index is 3370. The fourth-order valence-electron chi connectivity index (χ4n) is 8.35. The quantitative estimate of drug-likeness (QED) is 0.185. The van der Waals surface area contributed by atoms with Crippen LogP contribution in [0.15, 0.2) is 155 Å². The predicted octanol–water partition coefficient (Wildman–Crippen LogP) is 13.7. The maximum atomic E-state index is 12.3. The molecule has 0 radical (unpaired) electrons. The summed E-state index contributed by atoms with van der Waals surface area (Å²) in [4.78, 5) is 10.2. The number of hydrogen-bond donors (Lipinski definition) is 1. The zero-order valence-electron chi connectivity index (χ0n) is 30.5. The van der Waals surface area contributed by atoms with Crippen LogP contribution in [0.25, 0.3) is 110 Å². The van der Waals surface area contributed by atoms with Gasteiger partial charge in [0, 0.05) is 38.9 Å². The van der Waals surface area contributed by atoms with Crippen molar-refractivity contribution in [2.45, 2.75) is 26.2 Å². The van der Waals surface area contributed by atoms with E-state index in [-0.39, 0.29) is 11.2 Å². The van der Waals surface area contributed by atoms with Crippen molar-refractivity contribution in [1.82, 2.24) is 9.97 Å². The highest BCUT2D eigenvalue weighted by Crippen LogP contribution is 2.48. The van der Waals surface area contributed by atoms with Crippen molar-refractivity contribution in [3.05, 3.63) is 151 Å². The number of pyridine rings is 2. The molecule has 4 aromatic heterocycles. The topological polar surface area (TPSA) is 72.3 Å². The number of hydrogen-bond acceptors (Lipinski definition) is 5. The zero-order chi connectivity index (χ0) is 37.0. The van der Waals surface area contributed by atoms with Crippen LogP contribution in [0.5, 0.6) is 5.75 Å². The largest absolute Gasteiger partial charge is 0.504 e. The van der Waals surface area contributed by atoms with Gasteiger partial charge in [0.2, 0.25) is 0 Å². The summed E-state index contributed by atoms with van der Waals surface area (Å²) in [5.74, 6) is 0.0689. The first-order chi connectivity index (χ1) is 26.8. The minimum absolute atomic E-state index is 0.0689. The molecule has 7 aromatic carbocycles. The standard InChI is InChI=1S/C50H34N2O3/c1-50(2,3)32-24-30(23-31(25-32)41-26-29(21-22-51-41)28-11-5-4-6-12-28)40-19-17-36-33-13-7-8-14-34(33)38-27-39-44-43(55-49(39)47(53)45(38)46(36)52-40)20-18-37-35-15-9-10-16-42(35)54-48(37)44/h4-27,53H,1-3H3. The molecule has 11 aromatic rings. The van der Waals surface area contributed by atoms with Crippen LogP contribution in [0.1, 0.15) is 26.3 Å². The lowest BCUT2D eigenvalue weighted by molar-refractivity contribution is 0.475. The lowest BCUT2D eigenvalue weighted by atomic mass is 9.84. The van der Waals surface area contributed by atoms with Crippen LogP contribution in [0.4, 0.5) is 0 Å². The number of benzene rings is 7. The molecule has 0 fully saturated rings. The second-order valence-corrected chi connectivity index (χ2v) is 15.5. The first-order valence-corrected chi connectivity index (χ1v) is 18.6. The Morgan fingerprint density at radius 2 is 1.16 bits per heavy atom. The Morgan fingerprint density at radius 1 is 0.473 bits per heavy atom. The van der Waals surface area contributed by atoms with Gasteiger partial charge in [0.15, 0.2) is 11.3 Å². The van der Waals surface area contributed by atoms with Crippen LogP contribution in [0.3, 0.4) is 0 Å². The smallest absolute Gasteiger partial charge is 0.177 e. The lowest BCUT2D eigenvalue weighted by Crippen LogP contribution is -2.11. The molecule has 0 aliphatic carbocycles. The molecule has 0 amide bonds. The third kappa shape index (κ3) is 4.79. The lowest BCUT2D eigenvalue weighted by Gasteiger charge is -2.21. The molecule has 0 aliphatic rings. The fraction of sp³-hybridized carbons (Fsp3) is 0.0800. The van der Waals surface area contributed by atoms with Gasteiger partial charge in [-0.2, -0.15) is 0 Å². The van der Waals surface area contributed by atoms with Crippen LogP contribution in [-0.2, 0) is 5.41 Å². The Balaban J connectivity index is 1.17. The van der Waals surface area contributed by atoms with Crippen molar-refractivity contribution in [3.63, 3.8) is 0 Å². The molecule has 0 saturated heterocycles. The second kappa shape index (κ2) is 11.5. The number of furan rings is 2. The van der Waals surface area contributed by atoms with E-state index in [1.807, 2.05) is 48.7 Å². The normalized spacial score (nSPS) is 12.3. The van der Waals surface area contributed by atoms with Crippen molar-refractivity contribution in [2.24, 2.45) is 0 Å². The van der Waals surface area contributed by atoms with E-state index in [0.29, 0.717) is 22.1 Å². The first-order valence-electron chi connectivity index (χ1n) is 18.6. The van der Waals surface area contributed by atoms with E-state index in [1.165, 1.54) is 5.56 Å². The van der Waals surface area contributed by atoms with Crippen LogP contribution < -0.4 is 0 Å². The molecular weight excluding hydrogens is 677 g/mol. The number of fused-ring (bicyclic) bond motifs is 13. The van der Waals surface area contributed by atoms with E-state index in [2.05, 4.69) is 118 Å². The Hall–Kier alpha value is -6.98. The average molecular weight is 711 g/mol. The average Bonchev–Trinajstić information content (AvgIpc) is 3.79. The molecule has 0 bridgehead atoms. The summed E-state index contributed by atoms with van der Waals surface area (Å²) in [7, 11) is 0. The van der Waals surface area contributed by atoms with Gasteiger partial charge in [-0.3, -0.25) is 4.98 Å². The summed E-state index contributed by atoms with van der Waals surface area (Å²) >= 11 is 0. The minimum atomic E-state index is -0.127. The molecule has 55 heavy (non-hydrogen) atoms. The van der Waals surface area contributed by atoms with E-state index >= 15 is 0 Å². The van der Waals surface area contributed by atoms with Gasteiger partial charge in [0.1, 0.15) is 16.7 Å². The third-order valence-electron chi connectivity index (χ3n) is 11.1. The molecule has 0 spiro atoms. The van der Waals surface area contributed by atoms with E-state index in [9.17, 15) is 5.11 Å². The molecule has 1 N–H and O–H groups in total. The van der Waals surface area contributed by atoms with Gasteiger partial charge in [-0.15, -0.1) is 0 Å². The summed E-state index contributed by atoms with van der Waals surface area (Å²) in [5.41, 5.74) is 10.4. The number of para-hydroxylation sites is 1. The molecule has 5 nitrogen and oxygen atoms in total. The van der Waals surface area contributed by atoms with E-state index in [4.69, 9.17) is 18.8 Å². The second-order valence-electron chi connectivity index (χ2n) is 15.5. The number of aromatic nitrogens is 2. The van der Waals surface area contributed by atoms with Gasteiger partial charge < -0.3 is 13.9 Å². The van der Waals surface area contributed by atoms with Crippen LogP contribution in [0, 0.1) is 0 Å². The molecule has 11 rings (SSSR count). The molecule has 0 saturated carbocycles. The van der Waals surface area contributed by atoms with Crippen molar-refractivity contribution in [3.8, 4) is 39.4 Å². The molecular formula is C50H34N2O3. The Kier molecular flexibility index (Phi) is 6.60. The SMILES string of the molecule is CC(C)(C)c1cc(-c2cc(-c3ccccc3)ccn2)cc(-c2ccc3c4ccccc4c4cc5c(oc6ccc7c8ccccc8oc7c65)c(O)c4c3n2)c1. The highest BCUT2D eigenvalue weighted by molar-refractivity contribution is 6.31. The number of phenols is 1. The van der Waals surface area contributed by atoms with Crippen LogP contribution >= 0.6 is 0 Å². The molecule has 262 valence electrons. The van der Waals surface area contributed by atoms with E-state index < -0.39 is 0 Å². The van der Waals surface area contributed by atoms with Crippen molar-refractivity contribution < 1.29 is 13.9 Å². The summed E-state index contributed by atoms with van der Waals surface area (Å²) in [5, 5.41) is 20.7. The number of aromatic hydroxyl groups is 1. The molecule has 0 unspecified atom stereocenters. The van der Waals surface area contributed by atoms with Gasteiger partial charge in [-0.1, -0.05) is 93.6 Å². The van der Waals surface area contributed by atoms with Gasteiger partial charge in [0.25, 0.3) is 0 Å².